The molecule has 0 fully saturated rings. The van der Waals surface area contributed by atoms with Crippen LogP contribution in [0.4, 0.5) is 4.79 Å². The molecule has 1 atom stereocenters. The molecule has 0 saturated carbocycles. The summed E-state index contributed by atoms with van der Waals surface area (Å²) in [4.78, 5) is 35.7. The molecule has 3 N–H and O–H groups in total. The Balaban J connectivity index is 2.14. The van der Waals surface area contributed by atoms with E-state index >= 15 is 0 Å². The van der Waals surface area contributed by atoms with Crippen molar-refractivity contribution in [3.8, 4) is 0 Å². The lowest BCUT2D eigenvalue weighted by atomic mass is 9.97. The number of hydrogen-bond donors (Lipinski definition) is 3. The number of carbonyl (C=O) groups excluding carboxylic acids is 2. The third-order valence-corrected chi connectivity index (χ3v) is 3.83. The third kappa shape index (κ3) is 6.14. The van der Waals surface area contributed by atoms with Crippen LogP contribution in [0, 0.1) is 0 Å². The van der Waals surface area contributed by atoms with Gasteiger partial charge in [0, 0.05) is 6.54 Å². The topological polar surface area (TPSA) is 105 Å². The Morgan fingerprint density at radius 2 is 1.70 bits per heavy atom. The normalized spacial score (nSPS) is 11.3. The SMILES string of the molecule is CCNC(=O)CC(NC(=O)OCc1ccccc1)c1ccccc1C(=O)O. The number of alkyl carbamates (subject to hydrolysis) is 1. The van der Waals surface area contributed by atoms with Crippen molar-refractivity contribution in [2.45, 2.75) is 26.0 Å². The van der Waals surface area contributed by atoms with E-state index in [2.05, 4.69) is 10.6 Å². The number of carboxylic acids is 1. The van der Waals surface area contributed by atoms with Crippen LogP contribution in [-0.4, -0.2) is 29.6 Å². The largest absolute Gasteiger partial charge is 0.478 e. The number of carbonyl (C=O) groups is 3. The fourth-order valence-electron chi connectivity index (χ4n) is 2.60. The van der Waals surface area contributed by atoms with Crippen molar-refractivity contribution in [1.29, 1.82) is 0 Å². The first-order valence-corrected chi connectivity index (χ1v) is 8.57. The Hall–Kier alpha value is -3.35. The fourth-order valence-corrected chi connectivity index (χ4v) is 2.60. The van der Waals surface area contributed by atoms with Gasteiger partial charge in [-0.05, 0) is 24.1 Å². The maximum atomic E-state index is 12.2. The van der Waals surface area contributed by atoms with Gasteiger partial charge < -0.3 is 20.5 Å². The van der Waals surface area contributed by atoms with Crippen molar-refractivity contribution in [2.75, 3.05) is 6.54 Å². The molecule has 0 spiro atoms. The molecule has 2 rings (SSSR count). The monoisotopic (exact) mass is 370 g/mol. The molecule has 0 bridgehead atoms. The van der Waals surface area contributed by atoms with Crippen LogP contribution in [0.25, 0.3) is 0 Å². The van der Waals surface area contributed by atoms with Gasteiger partial charge in [-0.2, -0.15) is 0 Å². The maximum absolute atomic E-state index is 12.2. The summed E-state index contributed by atoms with van der Waals surface area (Å²) in [6, 6.07) is 14.6. The number of nitrogens with one attached hydrogen (secondary N) is 2. The van der Waals surface area contributed by atoms with Crippen LogP contribution >= 0.6 is 0 Å². The number of amides is 2. The molecule has 0 aliphatic rings. The first kappa shape index (κ1) is 20.0. The summed E-state index contributed by atoms with van der Waals surface area (Å²) in [5.41, 5.74) is 1.18. The standard InChI is InChI=1S/C20H22N2O5/c1-2-21-18(23)12-17(15-10-6-7-11-16(15)19(24)25)22-20(26)27-13-14-8-4-3-5-9-14/h3-11,17H,2,12-13H2,1H3,(H,21,23)(H,22,26)(H,24,25). The minimum atomic E-state index is -1.13. The van der Waals surface area contributed by atoms with E-state index in [1.807, 2.05) is 30.3 Å². The van der Waals surface area contributed by atoms with Gasteiger partial charge in [-0.3, -0.25) is 4.79 Å². The van der Waals surface area contributed by atoms with Crippen molar-refractivity contribution in [1.82, 2.24) is 10.6 Å². The number of rotatable bonds is 8. The zero-order valence-electron chi connectivity index (χ0n) is 15.0. The van der Waals surface area contributed by atoms with Crippen LogP contribution in [-0.2, 0) is 16.1 Å². The Kier molecular flexibility index (Phi) is 7.37. The van der Waals surface area contributed by atoms with E-state index in [1.54, 1.807) is 25.1 Å². The van der Waals surface area contributed by atoms with Crippen molar-refractivity contribution >= 4 is 18.0 Å². The summed E-state index contributed by atoms with van der Waals surface area (Å²) < 4.78 is 5.19. The van der Waals surface area contributed by atoms with Gasteiger partial charge in [0.2, 0.25) is 5.91 Å². The van der Waals surface area contributed by atoms with E-state index in [0.29, 0.717) is 12.1 Å². The molecule has 2 amide bonds. The summed E-state index contributed by atoms with van der Waals surface area (Å²) in [7, 11) is 0. The molecule has 2 aromatic rings. The average Bonchev–Trinajstić information content (AvgIpc) is 2.67. The molecule has 0 aliphatic carbocycles. The molecule has 0 heterocycles. The van der Waals surface area contributed by atoms with E-state index in [0.717, 1.165) is 5.56 Å². The molecular formula is C20H22N2O5. The Morgan fingerprint density at radius 1 is 1.04 bits per heavy atom. The van der Waals surface area contributed by atoms with E-state index in [4.69, 9.17) is 4.74 Å². The van der Waals surface area contributed by atoms with Gasteiger partial charge in [0.1, 0.15) is 6.61 Å². The summed E-state index contributed by atoms with van der Waals surface area (Å²) in [5.74, 6) is -1.43. The van der Waals surface area contributed by atoms with Gasteiger partial charge in [-0.25, -0.2) is 9.59 Å². The van der Waals surface area contributed by atoms with E-state index in [-0.39, 0.29) is 24.5 Å². The highest BCUT2D eigenvalue weighted by Crippen LogP contribution is 2.22. The van der Waals surface area contributed by atoms with Crippen molar-refractivity contribution in [2.24, 2.45) is 0 Å². The first-order chi connectivity index (χ1) is 13.0. The molecule has 2 aromatic carbocycles. The average molecular weight is 370 g/mol. The number of aromatic carboxylic acids is 1. The third-order valence-electron chi connectivity index (χ3n) is 3.83. The molecule has 0 aromatic heterocycles. The van der Waals surface area contributed by atoms with Crippen LogP contribution in [0.5, 0.6) is 0 Å². The summed E-state index contributed by atoms with van der Waals surface area (Å²) in [6.07, 6.45) is -0.827. The summed E-state index contributed by atoms with van der Waals surface area (Å²) >= 11 is 0. The smallest absolute Gasteiger partial charge is 0.407 e. The molecule has 142 valence electrons. The molecular weight excluding hydrogens is 348 g/mol. The number of benzene rings is 2. The Labute approximate surface area is 157 Å². The van der Waals surface area contributed by atoms with Gasteiger partial charge in [0.15, 0.2) is 0 Å². The second kappa shape index (κ2) is 9.96. The van der Waals surface area contributed by atoms with Gasteiger partial charge in [0.25, 0.3) is 0 Å². The summed E-state index contributed by atoms with van der Waals surface area (Å²) in [6.45, 7) is 2.28. The highest BCUT2D eigenvalue weighted by atomic mass is 16.5. The number of hydrogen-bond acceptors (Lipinski definition) is 4. The molecule has 1 unspecified atom stereocenters. The predicted molar refractivity (Wildman–Crippen MR) is 99.2 cm³/mol. The Bertz CT molecular complexity index is 792. The highest BCUT2D eigenvalue weighted by molar-refractivity contribution is 5.90. The summed E-state index contributed by atoms with van der Waals surface area (Å²) in [5, 5.41) is 14.6. The molecule has 0 aliphatic heterocycles. The van der Waals surface area contributed by atoms with Crippen LogP contribution in [0.3, 0.4) is 0 Å². The lowest BCUT2D eigenvalue weighted by Gasteiger charge is -2.20. The van der Waals surface area contributed by atoms with Crippen LogP contribution in [0.15, 0.2) is 54.6 Å². The van der Waals surface area contributed by atoms with Crippen LogP contribution in [0.1, 0.15) is 40.9 Å². The predicted octanol–water partition coefficient (Wildman–Crippen LogP) is 2.88. The van der Waals surface area contributed by atoms with E-state index < -0.39 is 18.1 Å². The lowest BCUT2D eigenvalue weighted by Crippen LogP contribution is -2.34. The van der Waals surface area contributed by atoms with Gasteiger partial charge in [-0.15, -0.1) is 0 Å². The zero-order chi connectivity index (χ0) is 19.6. The van der Waals surface area contributed by atoms with E-state index in [1.165, 1.54) is 6.07 Å². The van der Waals surface area contributed by atoms with Crippen molar-refractivity contribution in [3.05, 3.63) is 71.3 Å². The molecule has 27 heavy (non-hydrogen) atoms. The highest BCUT2D eigenvalue weighted by Gasteiger charge is 2.23. The Morgan fingerprint density at radius 3 is 2.37 bits per heavy atom. The van der Waals surface area contributed by atoms with Gasteiger partial charge >= 0.3 is 12.1 Å². The molecule has 7 heteroatoms. The van der Waals surface area contributed by atoms with E-state index in [9.17, 15) is 19.5 Å². The maximum Gasteiger partial charge on any atom is 0.407 e. The number of ether oxygens (including phenoxy) is 1. The molecule has 7 nitrogen and oxygen atoms in total. The second-order valence-corrected chi connectivity index (χ2v) is 5.81. The second-order valence-electron chi connectivity index (χ2n) is 5.81. The number of carboxylic acid groups (broad SMARTS) is 1. The fraction of sp³-hybridized carbons (Fsp3) is 0.250. The van der Waals surface area contributed by atoms with Crippen molar-refractivity contribution < 1.29 is 24.2 Å². The molecule has 0 saturated heterocycles. The van der Waals surface area contributed by atoms with Gasteiger partial charge in [-0.1, -0.05) is 48.5 Å². The molecule has 0 radical (unpaired) electrons. The van der Waals surface area contributed by atoms with Crippen molar-refractivity contribution in [3.63, 3.8) is 0 Å². The van der Waals surface area contributed by atoms with Crippen LogP contribution in [0.2, 0.25) is 0 Å². The first-order valence-electron chi connectivity index (χ1n) is 8.57. The lowest BCUT2D eigenvalue weighted by molar-refractivity contribution is -0.121. The van der Waals surface area contributed by atoms with Crippen LogP contribution < -0.4 is 10.6 Å². The minimum absolute atomic E-state index is 0.0233. The minimum Gasteiger partial charge on any atom is -0.478 e. The zero-order valence-corrected chi connectivity index (χ0v) is 15.0. The van der Waals surface area contributed by atoms with Gasteiger partial charge in [0.05, 0.1) is 18.0 Å². The quantitative estimate of drug-likeness (QED) is 0.663.